The summed E-state index contributed by atoms with van der Waals surface area (Å²) in [5, 5.41) is 5.62. The molecule has 74 valence electrons. The van der Waals surface area contributed by atoms with Gasteiger partial charge in [0.25, 0.3) is 0 Å². The minimum Gasteiger partial charge on any atom is -0.308 e. The van der Waals surface area contributed by atoms with Crippen molar-refractivity contribution >= 4 is 11.3 Å². The summed E-state index contributed by atoms with van der Waals surface area (Å²) in [7, 11) is 4.22. The molecule has 1 aromatic heterocycles. The van der Waals surface area contributed by atoms with Crippen molar-refractivity contribution in [2.24, 2.45) is 0 Å². The van der Waals surface area contributed by atoms with Gasteiger partial charge >= 0.3 is 0 Å². The Hall–Kier alpha value is -0.380. The van der Waals surface area contributed by atoms with Crippen LogP contribution in [0.4, 0.5) is 0 Å². The predicted octanol–water partition coefficient (Wildman–Crippen LogP) is 1.96. The molecule has 3 heteroatoms. The minimum absolute atomic E-state index is 0.486. The van der Waals surface area contributed by atoms with Crippen molar-refractivity contribution in [3.63, 3.8) is 0 Å². The molecule has 0 amide bonds. The molecule has 1 unspecified atom stereocenters. The Kier molecular flexibility index (Phi) is 4.42. The first-order chi connectivity index (χ1) is 6.24. The minimum atomic E-state index is 0.486. The van der Waals surface area contributed by atoms with Crippen LogP contribution in [0.25, 0.3) is 0 Å². The van der Waals surface area contributed by atoms with E-state index in [0.29, 0.717) is 6.04 Å². The van der Waals surface area contributed by atoms with Gasteiger partial charge in [-0.1, -0.05) is 13.0 Å². The molecule has 1 atom stereocenters. The molecule has 0 saturated carbocycles. The van der Waals surface area contributed by atoms with Crippen molar-refractivity contribution in [2.45, 2.75) is 13.0 Å². The normalized spacial score (nSPS) is 13.5. The molecule has 0 saturated heterocycles. The van der Waals surface area contributed by atoms with Crippen molar-refractivity contribution in [1.29, 1.82) is 0 Å². The maximum Gasteiger partial charge on any atom is 0.0543 e. The maximum absolute atomic E-state index is 3.49. The van der Waals surface area contributed by atoms with Crippen molar-refractivity contribution < 1.29 is 0 Å². The summed E-state index contributed by atoms with van der Waals surface area (Å²) in [5.74, 6) is 0. The summed E-state index contributed by atoms with van der Waals surface area (Å²) in [5.41, 5.74) is 0. The lowest BCUT2D eigenvalue weighted by molar-refractivity contribution is 0.348. The predicted molar refractivity (Wildman–Crippen MR) is 59.3 cm³/mol. The summed E-state index contributed by atoms with van der Waals surface area (Å²) in [6.45, 7) is 4.24. The average Bonchev–Trinajstić information content (AvgIpc) is 2.54. The molecule has 1 rings (SSSR count). The molecule has 0 spiro atoms. The number of thiophene rings is 1. The topological polar surface area (TPSA) is 15.3 Å². The van der Waals surface area contributed by atoms with E-state index in [1.165, 1.54) is 4.88 Å². The molecule has 2 nitrogen and oxygen atoms in total. The van der Waals surface area contributed by atoms with Gasteiger partial charge in [-0.05, 0) is 32.1 Å². The number of hydrogen-bond acceptors (Lipinski definition) is 3. The lowest BCUT2D eigenvalue weighted by Gasteiger charge is -2.20. The van der Waals surface area contributed by atoms with Gasteiger partial charge in [0.15, 0.2) is 0 Å². The van der Waals surface area contributed by atoms with Gasteiger partial charge in [0.05, 0.1) is 6.04 Å². The lowest BCUT2D eigenvalue weighted by atomic mass is 10.2. The number of nitrogens with one attached hydrogen (secondary N) is 1. The van der Waals surface area contributed by atoms with Gasteiger partial charge in [0, 0.05) is 11.4 Å². The van der Waals surface area contributed by atoms with Gasteiger partial charge in [0.1, 0.15) is 0 Å². The fourth-order valence-corrected chi connectivity index (χ4v) is 2.15. The monoisotopic (exact) mass is 198 g/mol. The molecule has 1 heterocycles. The van der Waals surface area contributed by atoms with Crippen LogP contribution >= 0.6 is 11.3 Å². The first-order valence-electron chi connectivity index (χ1n) is 4.65. The molecule has 0 aliphatic rings. The molecule has 1 N–H and O–H groups in total. The van der Waals surface area contributed by atoms with E-state index in [2.05, 4.69) is 48.7 Å². The van der Waals surface area contributed by atoms with Crippen LogP contribution < -0.4 is 5.32 Å². The van der Waals surface area contributed by atoms with Gasteiger partial charge in [-0.3, -0.25) is 0 Å². The Labute approximate surface area is 84.6 Å². The van der Waals surface area contributed by atoms with E-state index < -0.39 is 0 Å². The summed E-state index contributed by atoms with van der Waals surface area (Å²) >= 11 is 1.82. The number of hydrogen-bond donors (Lipinski definition) is 1. The molecule has 0 radical (unpaired) electrons. The summed E-state index contributed by atoms with van der Waals surface area (Å²) in [6.07, 6.45) is 0. The highest BCUT2D eigenvalue weighted by Crippen LogP contribution is 2.19. The quantitative estimate of drug-likeness (QED) is 0.778. The fraction of sp³-hybridized carbons (Fsp3) is 0.600. The zero-order valence-electron chi connectivity index (χ0n) is 8.58. The molecule has 1 aromatic rings. The first-order valence-corrected chi connectivity index (χ1v) is 5.53. The molecule has 0 aliphatic heterocycles. The molecule has 0 fully saturated rings. The van der Waals surface area contributed by atoms with Gasteiger partial charge < -0.3 is 10.2 Å². The van der Waals surface area contributed by atoms with Crippen molar-refractivity contribution in [2.75, 3.05) is 27.2 Å². The summed E-state index contributed by atoms with van der Waals surface area (Å²) < 4.78 is 0. The molecule has 0 bridgehead atoms. The van der Waals surface area contributed by atoms with Gasteiger partial charge in [-0.15, -0.1) is 11.3 Å². The van der Waals surface area contributed by atoms with Crippen molar-refractivity contribution in [3.05, 3.63) is 22.4 Å². The van der Waals surface area contributed by atoms with E-state index in [1.807, 2.05) is 11.3 Å². The van der Waals surface area contributed by atoms with Gasteiger partial charge in [-0.25, -0.2) is 0 Å². The van der Waals surface area contributed by atoms with Crippen LogP contribution in [-0.2, 0) is 0 Å². The zero-order valence-corrected chi connectivity index (χ0v) is 9.40. The second kappa shape index (κ2) is 5.37. The van der Waals surface area contributed by atoms with Crippen LogP contribution in [0.5, 0.6) is 0 Å². The number of nitrogens with zero attached hydrogens (tertiary/aromatic N) is 1. The van der Waals surface area contributed by atoms with E-state index in [1.54, 1.807) is 0 Å². The molecule has 0 aliphatic carbocycles. The zero-order chi connectivity index (χ0) is 9.68. The second-order valence-electron chi connectivity index (χ2n) is 3.39. The Morgan fingerprint density at radius 2 is 2.31 bits per heavy atom. The molecule has 13 heavy (non-hydrogen) atoms. The third kappa shape index (κ3) is 3.46. The molecule has 0 aromatic carbocycles. The highest BCUT2D eigenvalue weighted by Gasteiger charge is 2.11. The Morgan fingerprint density at radius 1 is 1.54 bits per heavy atom. The smallest absolute Gasteiger partial charge is 0.0543 e. The van der Waals surface area contributed by atoms with E-state index in [0.717, 1.165) is 13.1 Å². The fourth-order valence-electron chi connectivity index (χ4n) is 1.36. The third-order valence-corrected chi connectivity index (χ3v) is 2.87. The highest BCUT2D eigenvalue weighted by atomic mass is 32.1. The Bertz CT molecular complexity index is 219. The summed E-state index contributed by atoms with van der Waals surface area (Å²) in [4.78, 5) is 3.64. The molecular weight excluding hydrogens is 180 g/mol. The van der Waals surface area contributed by atoms with Gasteiger partial charge in [0.2, 0.25) is 0 Å². The van der Waals surface area contributed by atoms with Gasteiger partial charge in [-0.2, -0.15) is 0 Å². The second-order valence-corrected chi connectivity index (χ2v) is 4.37. The van der Waals surface area contributed by atoms with E-state index in [-0.39, 0.29) is 0 Å². The standard InChI is InChI=1S/C10H18N2S/c1-4-11-9(8-12(2)3)10-6-5-7-13-10/h5-7,9,11H,4,8H2,1-3H3. The Morgan fingerprint density at radius 3 is 2.77 bits per heavy atom. The average molecular weight is 198 g/mol. The van der Waals surface area contributed by atoms with E-state index >= 15 is 0 Å². The van der Waals surface area contributed by atoms with Crippen LogP contribution in [0.3, 0.4) is 0 Å². The van der Waals surface area contributed by atoms with Crippen LogP contribution in [-0.4, -0.2) is 32.1 Å². The lowest BCUT2D eigenvalue weighted by Crippen LogP contribution is -2.30. The van der Waals surface area contributed by atoms with E-state index in [9.17, 15) is 0 Å². The highest BCUT2D eigenvalue weighted by molar-refractivity contribution is 7.10. The SMILES string of the molecule is CCNC(CN(C)C)c1cccs1. The summed E-state index contributed by atoms with van der Waals surface area (Å²) in [6, 6.07) is 4.79. The van der Waals surface area contributed by atoms with Crippen LogP contribution in [0.1, 0.15) is 17.8 Å². The van der Waals surface area contributed by atoms with Crippen LogP contribution in [0.2, 0.25) is 0 Å². The van der Waals surface area contributed by atoms with Crippen molar-refractivity contribution in [1.82, 2.24) is 10.2 Å². The third-order valence-electron chi connectivity index (χ3n) is 1.88. The van der Waals surface area contributed by atoms with E-state index in [4.69, 9.17) is 0 Å². The molecular formula is C10H18N2S. The number of likely N-dealkylation sites (N-methyl/N-ethyl adjacent to an activating group) is 2. The largest absolute Gasteiger partial charge is 0.308 e. The van der Waals surface area contributed by atoms with Crippen LogP contribution in [0, 0.1) is 0 Å². The first kappa shape index (κ1) is 10.7. The van der Waals surface area contributed by atoms with Crippen LogP contribution in [0.15, 0.2) is 17.5 Å². The Balaban J connectivity index is 2.57. The maximum atomic E-state index is 3.49. The van der Waals surface area contributed by atoms with Crippen molar-refractivity contribution in [3.8, 4) is 0 Å². The number of rotatable bonds is 5.